The third-order valence-corrected chi connectivity index (χ3v) is 5.31. The Labute approximate surface area is 112 Å². The molecule has 0 amide bonds. The molecular weight excluding hydrogens is 302 g/mol. The lowest BCUT2D eigenvalue weighted by Crippen LogP contribution is -2.40. The molecule has 5 heteroatoms. The highest BCUT2D eigenvalue weighted by molar-refractivity contribution is 9.10. The van der Waals surface area contributed by atoms with Crippen molar-refractivity contribution >= 4 is 26.0 Å². The third kappa shape index (κ3) is 3.79. The molecule has 1 aromatic carbocycles. The van der Waals surface area contributed by atoms with Crippen LogP contribution in [-0.2, 0) is 10.0 Å². The highest BCUT2D eigenvalue weighted by Gasteiger charge is 2.30. The van der Waals surface area contributed by atoms with Gasteiger partial charge in [0.15, 0.2) is 0 Å². The van der Waals surface area contributed by atoms with Crippen LogP contribution in [0, 0.1) is 0 Å². The summed E-state index contributed by atoms with van der Waals surface area (Å²) in [4.78, 5) is 0. The van der Waals surface area contributed by atoms with Crippen LogP contribution in [0.5, 0.6) is 0 Å². The molecule has 1 N–H and O–H groups in total. The Morgan fingerprint density at radius 3 is 2.06 bits per heavy atom. The van der Waals surface area contributed by atoms with E-state index in [-0.39, 0.29) is 6.04 Å². The van der Waals surface area contributed by atoms with Crippen molar-refractivity contribution in [3.63, 3.8) is 0 Å². The fourth-order valence-corrected chi connectivity index (χ4v) is 2.45. The predicted molar refractivity (Wildman–Crippen MR) is 74.4 cm³/mol. The highest BCUT2D eigenvalue weighted by Crippen LogP contribution is 2.21. The quantitative estimate of drug-likeness (QED) is 0.929. The fraction of sp³-hybridized carbons (Fsp3) is 0.500. The molecule has 0 saturated heterocycles. The van der Waals surface area contributed by atoms with Gasteiger partial charge >= 0.3 is 0 Å². The number of benzene rings is 1. The largest absolute Gasteiger partial charge is 0.217 e. The molecule has 0 aliphatic carbocycles. The molecule has 0 heterocycles. The summed E-state index contributed by atoms with van der Waals surface area (Å²) in [6, 6.07) is 7.38. The van der Waals surface area contributed by atoms with Crippen LogP contribution in [0.2, 0.25) is 0 Å². The molecule has 0 aliphatic heterocycles. The summed E-state index contributed by atoms with van der Waals surface area (Å²) in [6.07, 6.45) is 0. The maximum Gasteiger partial charge on any atom is 0.217 e. The number of sulfonamides is 1. The average Bonchev–Trinajstić information content (AvgIpc) is 2.16. The van der Waals surface area contributed by atoms with Gasteiger partial charge in [0, 0.05) is 10.5 Å². The van der Waals surface area contributed by atoms with E-state index >= 15 is 0 Å². The Balaban J connectivity index is 2.87. The maximum absolute atomic E-state index is 12.0. The normalized spacial score (nSPS) is 14.6. The minimum Gasteiger partial charge on any atom is -0.212 e. The SMILES string of the molecule is C[C@@H](NS(=O)(=O)C(C)(C)C)c1ccc(Br)cc1. The minimum atomic E-state index is -3.32. The van der Waals surface area contributed by atoms with E-state index in [0.29, 0.717) is 0 Å². The first-order valence-corrected chi connectivity index (χ1v) is 7.68. The molecular formula is C12H18BrNO2S. The van der Waals surface area contributed by atoms with Gasteiger partial charge < -0.3 is 0 Å². The van der Waals surface area contributed by atoms with Gasteiger partial charge in [0.05, 0.1) is 4.75 Å². The summed E-state index contributed by atoms with van der Waals surface area (Å²) >= 11 is 3.35. The summed E-state index contributed by atoms with van der Waals surface area (Å²) in [6.45, 7) is 6.89. The Bertz CT molecular complexity index is 474. The van der Waals surface area contributed by atoms with E-state index in [4.69, 9.17) is 0 Å². The summed E-state index contributed by atoms with van der Waals surface area (Å²) in [7, 11) is -3.32. The highest BCUT2D eigenvalue weighted by atomic mass is 79.9. The smallest absolute Gasteiger partial charge is 0.212 e. The first-order valence-electron chi connectivity index (χ1n) is 5.41. The van der Waals surface area contributed by atoms with E-state index in [1.54, 1.807) is 20.8 Å². The van der Waals surface area contributed by atoms with Crippen molar-refractivity contribution < 1.29 is 8.42 Å². The van der Waals surface area contributed by atoms with Crippen LogP contribution in [0.3, 0.4) is 0 Å². The first-order chi connectivity index (χ1) is 7.63. The molecule has 1 rings (SSSR count). The summed E-state index contributed by atoms with van der Waals surface area (Å²) < 4.78 is 26.8. The van der Waals surface area contributed by atoms with Crippen molar-refractivity contribution in [1.82, 2.24) is 4.72 Å². The fourth-order valence-electron chi connectivity index (χ4n) is 1.23. The molecule has 0 aliphatic rings. The molecule has 3 nitrogen and oxygen atoms in total. The van der Waals surface area contributed by atoms with Crippen LogP contribution in [0.25, 0.3) is 0 Å². The lowest BCUT2D eigenvalue weighted by molar-refractivity contribution is 0.532. The minimum absolute atomic E-state index is 0.229. The lowest BCUT2D eigenvalue weighted by atomic mass is 10.1. The zero-order valence-electron chi connectivity index (χ0n) is 10.5. The van der Waals surface area contributed by atoms with Gasteiger partial charge in [0.2, 0.25) is 10.0 Å². The van der Waals surface area contributed by atoms with Crippen LogP contribution in [0.1, 0.15) is 39.3 Å². The van der Waals surface area contributed by atoms with Gasteiger partial charge in [-0.1, -0.05) is 28.1 Å². The van der Waals surface area contributed by atoms with Gasteiger partial charge in [-0.25, -0.2) is 13.1 Å². The van der Waals surface area contributed by atoms with Gasteiger partial charge in [-0.05, 0) is 45.4 Å². The zero-order valence-corrected chi connectivity index (χ0v) is 12.9. The Kier molecular flexibility index (Phi) is 4.38. The van der Waals surface area contributed by atoms with Crippen LogP contribution in [0.4, 0.5) is 0 Å². The Hall–Kier alpha value is -0.390. The molecule has 0 unspecified atom stereocenters. The summed E-state index contributed by atoms with van der Waals surface area (Å²) in [5.74, 6) is 0. The number of nitrogens with one attached hydrogen (secondary N) is 1. The molecule has 0 saturated carbocycles. The molecule has 0 fully saturated rings. The summed E-state index contributed by atoms with van der Waals surface area (Å²) in [5.41, 5.74) is 0.945. The van der Waals surface area contributed by atoms with E-state index in [1.165, 1.54) is 0 Å². The van der Waals surface area contributed by atoms with E-state index in [1.807, 2.05) is 31.2 Å². The molecule has 0 aromatic heterocycles. The van der Waals surface area contributed by atoms with E-state index in [0.717, 1.165) is 10.0 Å². The van der Waals surface area contributed by atoms with E-state index in [2.05, 4.69) is 20.7 Å². The number of hydrogen-bond donors (Lipinski definition) is 1. The molecule has 96 valence electrons. The standard InChI is InChI=1S/C12H18BrNO2S/c1-9(10-5-7-11(13)8-6-10)14-17(15,16)12(2,3)4/h5-9,14H,1-4H3/t9-/m1/s1. The topological polar surface area (TPSA) is 46.2 Å². The molecule has 1 atom stereocenters. The second-order valence-corrected chi connectivity index (χ2v) is 8.39. The average molecular weight is 320 g/mol. The van der Waals surface area contributed by atoms with Crippen molar-refractivity contribution in [3.8, 4) is 0 Å². The van der Waals surface area contributed by atoms with Crippen LogP contribution >= 0.6 is 15.9 Å². The number of hydrogen-bond acceptors (Lipinski definition) is 2. The Morgan fingerprint density at radius 1 is 1.18 bits per heavy atom. The Morgan fingerprint density at radius 2 is 1.65 bits per heavy atom. The van der Waals surface area contributed by atoms with Gasteiger partial charge in [0.25, 0.3) is 0 Å². The van der Waals surface area contributed by atoms with Gasteiger partial charge in [-0.15, -0.1) is 0 Å². The van der Waals surface area contributed by atoms with Gasteiger partial charge in [-0.2, -0.15) is 0 Å². The van der Waals surface area contributed by atoms with E-state index in [9.17, 15) is 8.42 Å². The number of rotatable bonds is 3. The van der Waals surface area contributed by atoms with Crippen molar-refractivity contribution in [3.05, 3.63) is 34.3 Å². The second-order valence-electron chi connectivity index (χ2n) is 5.01. The van der Waals surface area contributed by atoms with Crippen molar-refractivity contribution in [2.45, 2.75) is 38.5 Å². The van der Waals surface area contributed by atoms with Crippen molar-refractivity contribution in [2.75, 3.05) is 0 Å². The summed E-state index contributed by atoms with van der Waals surface area (Å²) in [5, 5.41) is 0. The molecule has 17 heavy (non-hydrogen) atoms. The second kappa shape index (κ2) is 5.08. The monoisotopic (exact) mass is 319 g/mol. The van der Waals surface area contributed by atoms with Crippen LogP contribution < -0.4 is 4.72 Å². The molecule has 0 radical (unpaired) electrons. The maximum atomic E-state index is 12.0. The lowest BCUT2D eigenvalue weighted by Gasteiger charge is -2.23. The first kappa shape index (κ1) is 14.7. The zero-order chi connectivity index (χ0) is 13.3. The van der Waals surface area contributed by atoms with Crippen molar-refractivity contribution in [1.29, 1.82) is 0 Å². The van der Waals surface area contributed by atoms with Crippen LogP contribution in [-0.4, -0.2) is 13.2 Å². The van der Waals surface area contributed by atoms with Gasteiger partial charge in [-0.3, -0.25) is 0 Å². The molecule has 0 spiro atoms. The number of halogens is 1. The predicted octanol–water partition coefficient (Wildman–Crippen LogP) is 3.23. The van der Waals surface area contributed by atoms with E-state index < -0.39 is 14.8 Å². The van der Waals surface area contributed by atoms with Crippen molar-refractivity contribution in [2.24, 2.45) is 0 Å². The molecule has 0 bridgehead atoms. The van der Waals surface area contributed by atoms with Gasteiger partial charge in [0.1, 0.15) is 0 Å². The molecule has 1 aromatic rings. The van der Waals surface area contributed by atoms with Crippen LogP contribution in [0.15, 0.2) is 28.7 Å². The third-order valence-electron chi connectivity index (χ3n) is 2.51.